The summed E-state index contributed by atoms with van der Waals surface area (Å²) < 4.78 is 4.35. The van der Waals surface area contributed by atoms with E-state index in [9.17, 15) is 0 Å². The molecule has 0 spiro atoms. The molecule has 4 nitrogen and oxygen atoms in total. The third-order valence-corrected chi connectivity index (χ3v) is 8.67. The summed E-state index contributed by atoms with van der Waals surface area (Å²) >= 11 is 0. The molecule has 2 heterocycles. The van der Waals surface area contributed by atoms with Gasteiger partial charge in [0.15, 0.2) is 0 Å². The van der Waals surface area contributed by atoms with Crippen molar-refractivity contribution in [2.24, 2.45) is 0 Å². The van der Waals surface area contributed by atoms with Gasteiger partial charge in [-0.1, -0.05) is 68.9 Å². The Balaban J connectivity index is 0.000000221. The molecule has 0 saturated heterocycles. The summed E-state index contributed by atoms with van der Waals surface area (Å²) in [5.41, 5.74) is 12.4. The number of hydrogen-bond donors (Lipinski definition) is 0. The quantitative estimate of drug-likeness (QED) is 0.0965. The van der Waals surface area contributed by atoms with Crippen LogP contribution in [0.3, 0.4) is 0 Å². The monoisotopic (exact) mass is 813 g/mol. The summed E-state index contributed by atoms with van der Waals surface area (Å²) in [6.07, 6.45) is 17.0. The average molecular weight is 813 g/mol. The van der Waals surface area contributed by atoms with Crippen molar-refractivity contribution in [2.75, 3.05) is 0 Å². The molecule has 0 fully saturated rings. The SMILES string of the molecule is CCCCCCCCc1cc(C)c(-n2ccnc2-c2[c-]cccc2)c(C)c1.Cc1cc(C)c(-n2ccnc2-c2[c-]cccc2)c(C)c1.[Ir]. The number of aromatic nitrogens is 4. The van der Waals surface area contributed by atoms with Crippen molar-refractivity contribution in [2.45, 2.75) is 86.5 Å². The topological polar surface area (TPSA) is 35.6 Å². The second-order valence-electron chi connectivity index (χ2n) is 12.6. The summed E-state index contributed by atoms with van der Waals surface area (Å²) in [5, 5.41) is 0. The Hall–Kier alpha value is -4.05. The molecular weight excluding hydrogens is 765 g/mol. The molecule has 0 N–H and O–H groups in total. The molecule has 251 valence electrons. The van der Waals surface area contributed by atoms with Gasteiger partial charge in [0.25, 0.3) is 0 Å². The maximum absolute atomic E-state index is 4.58. The summed E-state index contributed by atoms with van der Waals surface area (Å²) in [4.78, 5) is 9.08. The number of aryl methyl sites for hydroxylation is 6. The molecule has 6 aromatic rings. The predicted octanol–water partition coefficient (Wildman–Crippen LogP) is 11.1. The zero-order valence-electron chi connectivity index (χ0n) is 29.3. The van der Waals surface area contributed by atoms with E-state index in [2.05, 4.69) is 109 Å². The largest absolute Gasteiger partial charge is 0.340 e. The van der Waals surface area contributed by atoms with E-state index >= 15 is 0 Å². The van der Waals surface area contributed by atoms with Crippen LogP contribution in [0.25, 0.3) is 34.2 Å². The van der Waals surface area contributed by atoms with E-state index in [1.165, 1.54) is 89.7 Å². The van der Waals surface area contributed by atoms with Crippen molar-refractivity contribution >= 4 is 0 Å². The third-order valence-electron chi connectivity index (χ3n) is 8.67. The minimum Gasteiger partial charge on any atom is -0.340 e. The van der Waals surface area contributed by atoms with Gasteiger partial charge < -0.3 is 9.13 Å². The molecule has 48 heavy (non-hydrogen) atoms. The van der Waals surface area contributed by atoms with Crippen molar-refractivity contribution in [3.63, 3.8) is 0 Å². The van der Waals surface area contributed by atoms with Gasteiger partial charge >= 0.3 is 0 Å². The normalized spacial score (nSPS) is 10.7. The standard InChI is InChI=1S/C25H31N2.C18H17N2.Ir/c1-4-5-6-7-8-10-13-22-18-20(2)24(21(3)19-22)27-17-16-26-25(27)23-14-11-9-12-15-23;1-13-11-14(2)17(15(3)12-13)20-10-9-19-18(20)16-7-5-4-6-8-16;/h9,11-12,14,16-19H,4-8,10,13H2,1-3H3;4-7,9-12H,1-3H3;/q2*-1;. The first-order valence-electron chi connectivity index (χ1n) is 17.1. The molecule has 1 radical (unpaired) electrons. The smallest absolute Gasteiger partial charge is 0.0602 e. The van der Waals surface area contributed by atoms with E-state index in [4.69, 9.17) is 0 Å². The number of hydrogen-bond acceptors (Lipinski definition) is 2. The van der Waals surface area contributed by atoms with Crippen LogP contribution >= 0.6 is 0 Å². The molecule has 0 saturated carbocycles. The second kappa shape index (κ2) is 17.9. The number of benzene rings is 4. The molecule has 6 rings (SSSR count). The minimum absolute atomic E-state index is 0. The molecule has 0 aliphatic rings. The van der Waals surface area contributed by atoms with E-state index < -0.39 is 0 Å². The van der Waals surface area contributed by atoms with E-state index in [-0.39, 0.29) is 20.1 Å². The van der Waals surface area contributed by atoms with Crippen LogP contribution in [0.5, 0.6) is 0 Å². The minimum atomic E-state index is 0. The first-order chi connectivity index (χ1) is 22.9. The van der Waals surface area contributed by atoms with E-state index in [1.54, 1.807) is 0 Å². The number of nitrogens with zero attached hydrogens (tertiary/aromatic N) is 4. The van der Waals surface area contributed by atoms with Crippen LogP contribution < -0.4 is 0 Å². The Morgan fingerprint density at radius 3 is 1.50 bits per heavy atom. The average Bonchev–Trinajstić information content (AvgIpc) is 3.74. The molecule has 4 aromatic carbocycles. The molecule has 0 aliphatic heterocycles. The van der Waals surface area contributed by atoms with Gasteiger partial charge in [-0.2, -0.15) is 0 Å². The van der Waals surface area contributed by atoms with Gasteiger partial charge in [0.05, 0.1) is 11.6 Å². The zero-order valence-corrected chi connectivity index (χ0v) is 31.7. The summed E-state index contributed by atoms with van der Waals surface area (Å²) in [6.45, 7) is 13.1. The van der Waals surface area contributed by atoms with Crippen molar-refractivity contribution in [3.8, 4) is 34.2 Å². The Morgan fingerprint density at radius 2 is 1.04 bits per heavy atom. The third kappa shape index (κ3) is 9.09. The Kier molecular flexibility index (Phi) is 13.7. The molecule has 0 unspecified atom stereocenters. The summed E-state index contributed by atoms with van der Waals surface area (Å²) in [5.74, 6) is 1.88. The van der Waals surface area contributed by atoms with Gasteiger partial charge in [-0.3, -0.25) is 9.97 Å². The molecule has 0 aliphatic carbocycles. The van der Waals surface area contributed by atoms with Crippen molar-refractivity contribution in [1.29, 1.82) is 0 Å². The Morgan fingerprint density at radius 1 is 0.583 bits per heavy atom. The molecule has 0 atom stereocenters. The molecule has 5 heteroatoms. The number of imidazole rings is 2. The fourth-order valence-corrected chi connectivity index (χ4v) is 6.66. The van der Waals surface area contributed by atoms with E-state index in [1.807, 2.05) is 61.1 Å². The van der Waals surface area contributed by atoms with Gasteiger partial charge in [-0.25, -0.2) is 0 Å². The van der Waals surface area contributed by atoms with Gasteiger partial charge in [-0.15, -0.1) is 71.8 Å². The predicted molar refractivity (Wildman–Crippen MR) is 196 cm³/mol. The van der Waals surface area contributed by atoms with Crippen molar-refractivity contribution in [1.82, 2.24) is 19.1 Å². The Labute approximate surface area is 301 Å². The van der Waals surface area contributed by atoms with Crippen LogP contribution in [0.4, 0.5) is 0 Å². The van der Waals surface area contributed by atoms with Gasteiger partial charge in [0.1, 0.15) is 0 Å². The van der Waals surface area contributed by atoms with Gasteiger partial charge in [0, 0.05) is 56.3 Å². The molecule has 2 aromatic heterocycles. The van der Waals surface area contributed by atoms with Crippen LogP contribution in [-0.4, -0.2) is 19.1 Å². The summed E-state index contributed by atoms with van der Waals surface area (Å²) in [6, 6.07) is 31.6. The maximum Gasteiger partial charge on any atom is 0.0602 e. The zero-order chi connectivity index (χ0) is 33.2. The van der Waals surface area contributed by atoms with E-state index in [0.717, 1.165) is 22.8 Å². The summed E-state index contributed by atoms with van der Waals surface area (Å²) in [7, 11) is 0. The van der Waals surface area contributed by atoms with Crippen molar-refractivity contribution in [3.05, 3.63) is 143 Å². The fraction of sp³-hybridized carbons (Fsp3) is 0.302. The first-order valence-corrected chi connectivity index (χ1v) is 17.1. The fourth-order valence-electron chi connectivity index (χ4n) is 6.66. The number of unbranched alkanes of at least 4 members (excludes halogenated alkanes) is 5. The van der Waals surface area contributed by atoms with E-state index in [0.29, 0.717) is 0 Å². The van der Waals surface area contributed by atoms with Gasteiger partial charge in [-0.05, 0) is 75.3 Å². The first kappa shape index (κ1) is 36.8. The van der Waals surface area contributed by atoms with Crippen LogP contribution in [0.2, 0.25) is 0 Å². The maximum atomic E-state index is 4.58. The Bertz CT molecular complexity index is 1820. The molecular formula is C43H48IrN4-2. The van der Waals surface area contributed by atoms with Crippen LogP contribution in [0.1, 0.15) is 78.8 Å². The van der Waals surface area contributed by atoms with Crippen LogP contribution in [0, 0.1) is 46.8 Å². The van der Waals surface area contributed by atoms with Crippen LogP contribution in [0.15, 0.2) is 97.6 Å². The second-order valence-corrected chi connectivity index (χ2v) is 12.6. The molecule has 0 amide bonds. The van der Waals surface area contributed by atoms with Crippen molar-refractivity contribution < 1.29 is 20.1 Å². The molecule has 0 bridgehead atoms. The van der Waals surface area contributed by atoms with Crippen LogP contribution in [-0.2, 0) is 26.5 Å². The number of rotatable bonds is 11. The van der Waals surface area contributed by atoms with Gasteiger partial charge in [0.2, 0.25) is 0 Å².